The second-order valence-electron chi connectivity index (χ2n) is 7.09. The predicted molar refractivity (Wildman–Crippen MR) is 115 cm³/mol. The van der Waals surface area contributed by atoms with Crippen molar-refractivity contribution in [3.8, 4) is 16.9 Å². The van der Waals surface area contributed by atoms with Crippen LogP contribution in [0.3, 0.4) is 0 Å². The van der Waals surface area contributed by atoms with E-state index in [1.165, 1.54) is 4.31 Å². The zero-order chi connectivity index (χ0) is 20.9. The maximum absolute atomic E-state index is 13.5. The first-order valence-electron chi connectivity index (χ1n) is 9.36. The van der Waals surface area contributed by atoms with Crippen molar-refractivity contribution in [2.75, 3.05) is 23.2 Å². The van der Waals surface area contributed by atoms with Gasteiger partial charge in [0.05, 0.1) is 17.1 Å². The van der Waals surface area contributed by atoms with Gasteiger partial charge < -0.3 is 15.0 Å². The van der Waals surface area contributed by atoms with Crippen molar-refractivity contribution < 1.29 is 13.2 Å². The summed E-state index contributed by atoms with van der Waals surface area (Å²) in [6, 6.07) is 12.5. The third-order valence-electron chi connectivity index (χ3n) is 5.23. The van der Waals surface area contributed by atoms with Gasteiger partial charge in [-0.3, -0.25) is 4.31 Å². The van der Waals surface area contributed by atoms with Crippen LogP contribution in [0.5, 0.6) is 5.75 Å². The lowest BCUT2D eigenvalue weighted by atomic mass is 10.1. The Balaban J connectivity index is 1.59. The zero-order valence-corrected chi connectivity index (χ0v) is 17.0. The van der Waals surface area contributed by atoms with Gasteiger partial charge in [0.25, 0.3) is 10.0 Å². The molecule has 0 saturated carbocycles. The molecule has 3 heterocycles. The predicted octanol–water partition coefficient (Wildman–Crippen LogP) is 2.81. The Morgan fingerprint density at radius 3 is 2.63 bits per heavy atom. The van der Waals surface area contributed by atoms with Crippen LogP contribution in [0.1, 0.15) is 0 Å². The number of aromatic nitrogens is 3. The van der Waals surface area contributed by atoms with Crippen molar-refractivity contribution in [2.45, 2.75) is 4.90 Å². The summed E-state index contributed by atoms with van der Waals surface area (Å²) >= 11 is 0. The summed E-state index contributed by atoms with van der Waals surface area (Å²) in [4.78, 5) is 8.28. The summed E-state index contributed by atoms with van der Waals surface area (Å²) in [6.07, 6.45) is 5.12. The van der Waals surface area contributed by atoms with E-state index >= 15 is 0 Å². The number of hydrogen-bond donors (Lipinski definition) is 1. The highest BCUT2D eigenvalue weighted by Crippen LogP contribution is 2.38. The molecule has 2 aromatic heterocycles. The van der Waals surface area contributed by atoms with E-state index in [1.807, 2.05) is 36.0 Å². The standard InChI is InChI=1S/C21H19N5O3S/c1-25-7-6-15-10-17(3-4-18(15)25)30(27,28)26-8-9-29-20-5-2-14(11-19(20)26)16-12-23-21(22)24-13-16/h2-7,10-13H,8-9H2,1H3,(H2,22,23,24). The van der Waals surface area contributed by atoms with Gasteiger partial charge in [0.15, 0.2) is 0 Å². The molecule has 0 amide bonds. The first-order valence-corrected chi connectivity index (χ1v) is 10.8. The van der Waals surface area contributed by atoms with Crippen LogP contribution in [-0.2, 0) is 17.1 Å². The Morgan fingerprint density at radius 2 is 1.83 bits per heavy atom. The van der Waals surface area contributed by atoms with Crippen molar-refractivity contribution in [3.05, 3.63) is 61.1 Å². The lowest BCUT2D eigenvalue weighted by Crippen LogP contribution is -2.37. The van der Waals surface area contributed by atoms with Crippen LogP contribution in [0, 0.1) is 0 Å². The van der Waals surface area contributed by atoms with Crippen LogP contribution in [0.4, 0.5) is 11.6 Å². The average molecular weight is 421 g/mol. The number of fused-ring (bicyclic) bond motifs is 2. The highest BCUT2D eigenvalue weighted by molar-refractivity contribution is 7.92. The van der Waals surface area contributed by atoms with E-state index in [4.69, 9.17) is 10.5 Å². The highest BCUT2D eigenvalue weighted by Gasteiger charge is 2.30. The molecule has 5 rings (SSSR count). The summed E-state index contributed by atoms with van der Waals surface area (Å²) in [5.74, 6) is 0.700. The maximum Gasteiger partial charge on any atom is 0.264 e. The minimum atomic E-state index is -3.77. The van der Waals surface area contributed by atoms with Gasteiger partial charge in [0.1, 0.15) is 12.4 Å². The number of ether oxygens (including phenoxy) is 1. The molecule has 0 unspecified atom stereocenters. The van der Waals surface area contributed by atoms with Gasteiger partial charge in [0, 0.05) is 42.1 Å². The van der Waals surface area contributed by atoms with Gasteiger partial charge in [-0.1, -0.05) is 6.07 Å². The summed E-state index contributed by atoms with van der Waals surface area (Å²) < 4.78 is 36.1. The molecule has 0 atom stereocenters. The topological polar surface area (TPSA) is 103 Å². The quantitative estimate of drug-likeness (QED) is 0.546. The molecule has 0 aliphatic carbocycles. The van der Waals surface area contributed by atoms with E-state index < -0.39 is 10.0 Å². The van der Waals surface area contributed by atoms with Crippen molar-refractivity contribution in [1.29, 1.82) is 0 Å². The smallest absolute Gasteiger partial charge is 0.264 e. The summed E-state index contributed by atoms with van der Waals surface area (Å²) in [7, 11) is -1.84. The van der Waals surface area contributed by atoms with Crippen molar-refractivity contribution in [2.24, 2.45) is 7.05 Å². The van der Waals surface area contributed by atoms with Crippen LogP contribution in [0.25, 0.3) is 22.0 Å². The molecule has 1 aliphatic heterocycles. The summed E-state index contributed by atoms with van der Waals surface area (Å²) in [6.45, 7) is 0.508. The number of nitrogens with two attached hydrogens (primary N) is 1. The van der Waals surface area contributed by atoms with Gasteiger partial charge >= 0.3 is 0 Å². The van der Waals surface area contributed by atoms with Gasteiger partial charge in [-0.2, -0.15) is 0 Å². The minimum absolute atomic E-state index is 0.181. The van der Waals surface area contributed by atoms with Gasteiger partial charge in [-0.25, -0.2) is 18.4 Å². The molecule has 0 radical (unpaired) electrons. The Labute approximate surface area is 173 Å². The molecule has 30 heavy (non-hydrogen) atoms. The molecule has 9 heteroatoms. The van der Waals surface area contributed by atoms with Crippen molar-refractivity contribution in [3.63, 3.8) is 0 Å². The molecular formula is C21H19N5O3S. The molecule has 1 aliphatic rings. The van der Waals surface area contributed by atoms with E-state index in [-0.39, 0.29) is 24.0 Å². The lowest BCUT2D eigenvalue weighted by molar-refractivity contribution is 0.316. The number of nitrogen functional groups attached to an aromatic ring is 1. The normalized spacial score (nSPS) is 13.8. The third-order valence-corrected chi connectivity index (χ3v) is 7.04. The molecule has 0 spiro atoms. The van der Waals surface area contributed by atoms with Crippen molar-refractivity contribution >= 4 is 32.6 Å². The number of aryl methyl sites for hydroxylation is 1. The molecular weight excluding hydrogens is 402 g/mol. The molecule has 2 N–H and O–H groups in total. The first kappa shape index (κ1) is 18.4. The number of sulfonamides is 1. The SMILES string of the molecule is Cn1ccc2cc(S(=O)(=O)N3CCOc4ccc(-c5cnc(N)nc5)cc43)ccc21. The minimum Gasteiger partial charge on any atom is -0.489 e. The Hall–Kier alpha value is -3.59. The molecule has 152 valence electrons. The van der Waals surface area contributed by atoms with Crippen LogP contribution in [-0.4, -0.2) is 36.1 Å². The van der Waals surface area contributed by atoms with E-state index in [0.717, 1.165) is 22.0 Å². The third kappa shape index (κ3) is 2.94. The Bertz CT molecular complexity index is 1360. The number of anilines is 2. The second kappa shape index (κ2) is 6.74. The van der Waals surface area contributed by atoms with E-state index in [1.54, 1.807) is 36.7 Å². The van der Waals surface area contributed by atoms with Crippen LogP contribution < -0.4 is 14.8 Å². The van der Waals surface area contributed by atoms with Gasteiger partial charge in [-0.05, 0) is 42.0 Å². The summed E-state index contributed by atoms with van der Waals surface area (Å²) in [5.41, 5.74) is 8.55. The van der Waals surface area contributed by atoms with E-state index in [0.29, 0.717) is 11.4 Å². The second-order valence-corrected chi connectivity index (χ2v) is 8.95. The van der Waals surface area contributed by atoms with Gasteiger partial charge in [0.2, 0.25) is 5.95 Å². The van der Waals surface area contributed by atoms with E-state index in [9.17, 15) is 8.42 Å². The number of rotatable bonds is 3. The van der Waals surface area contributed by atoms with Crippen LogP contribution in [0.2, 0.25) is 0 Å². The molecule has 0 saturated heterocycles. The molecule has 2 aromatic carbocycles. The van der Waals surface area contributed by atoms with Crippen molar-refractivity contribution in [1.82, 2.24) is 14.5 Å². The average Bonchev–Trinajstić information content (AvgIpc) is 3.13. The highest BCUT2D eigenvalue weighted by atomic mass is 32.2. The largest absolute Gasteiger partial charge is 0.489 e. The lowest BCUT2D eigenvalue weighted by Gasteiger charge is -2.31. The number of hydrogen-bond acceptors (Lipinski definition) is 6. The first-order chi connectivity index (χ1) is 14.4. The molecule has 4 aromatic rings. The number of benzene rings is 2. The molecule has 8 nitrogen and oxygen atoms in total. The zero-order valence-electron chi connectivity index (χ0n) is 16.2. The Morgan fingerprint density at radius 1 is 1.03 bits per heavy atom. The number of nitrogens with zero attached hydrogens (tertiary/aromatic N) is 4. The molecule has 0 fully saturated rings. The fourth-order valence-electron chi connectivity index (χ4n) is 3.66. The summed E-state index contributed by atoms with van der Waals surface area (Å²) in [5, 5.41) is 0.875. The molecule has 0 bridgehead atoms. The Kier molecular flexibility index (Phi) is 4.14. The monoisotopic (exact) mass is 421 g/mol. The van der Waals surface area contributed by atoms with Crippen LogP contribution >= 0.6 is 0 Å². The fourth-order valence-corrected chi connectivity index (χ4v) is 5.14. The fraction of sp³-hybridized carbons (Fsp3) is 0.143. The van der Waals surface area contributed by atoms with Gasteiger partial charge in [-0.15, -0.1) is 0 Å². The van der Waals surface area contributed by atoms with E-state index in [2.05, 4.69) is 9.97 Å². The maximum atomic E-state index is 13.5. The van der Waals surface area contributed by atoms with Crippen LogP contribution in [0.15, 0.2) is 66.0 Å².